The summed E-state index contributed by atoms with van der Waals surface area (Å²) in [7, 11) is 0. The van der Waals surface area contributed by atoms with Crippen molar-refractivity contribution in [2.24, 2.45) is 5.92 Å². The van der Waals surface area contributed by atoms with Gasteiger partial charge >= 0.3 is 5.97 Å². The number of rotatable bonds is 9. The monoisotopic (exact) mass is 258 g/mol. The van der Waals surface area contributed by atoms with Gasteiger partial charge in [0.15, 0.2) is 6.29 Å². The lowest BCUT2D eigenvalue weighted by atomic mass is 10.1. The van der Waals surface area contributed by atoms with Gasteiger partial charge in [-0.25, -0.2) is 0 Å². The van der Waals surface area contributed by atoms with E-state index in [1.54, 1.807) is 0 Å². The summed E-state index contributed by atoms with van der Waals surface area (Å²) in [6.45, 7) is 2.80. The molecule has 0 aliphatic carbocycles. The number of ether oxygens (including phenoxy) is 2. The molecule has 0 aromatic rings. The zero-order valence-corrected chi connectivity index (χ0v) is 11.4. The highest BCUT2D eigenvalue weighted by Gasteiger charge is 2.26. The number of hydrogen-bond acceptors (Lipinski definition) is 3. The highest BCUT2D eigenvalue weighted by Crippen LogP contribution is 2.17. The quantitative estimate of drug-likeness (QED) is 0.645. The molecule has 0 saturated carbocycles. The summed E-state index contributed by atoms with van der Waals surface area (Å²) in [5, 5.41) is 8.78. The molecule has 1 N–H and O–H groups in total. The highest BCUT2D eigenvalue weighted by atomic mass is 16.7. The van der Waals surface area contributed by atoms with Gasteiger partial charge in [0.2, 0.25) is 0 Å². The van der Waals surface area contributed by atoms with Gasteiger partial charge in [-0.3, -0.25) is 4.79 Å². The van der Waals surface area contributed by atoms with Crippen molar-refractivity contribution in [3.8, 4) is 0 Å². The minimum atomic E-state index is -0.829. The fourth-order valence-corrected chi connectivity index (χ4v) is 2.12. The molecule has 4 nitrogen and oxygen atoms in total. The molecule has 0 atom stereocenters. The molecule has 1 aliphatic rings. The van der Waals surface area contributed by atoms with Crippen LogP contribution in [0.15, 0.2) is 0 Å². The Kier molecular flexibility index (Phi) is 8.01. The summed E-state index contributed by atoms with van der Waals surface area (Å²) in [6, 6.07) is 0. The molecule has 1 fully saturated rings. The molecule has 1 rings (SSSR count). The standard InChI is InChI=1S/C14H26O4/c1-2-3-4-5-6-7-8-9-13-17-10-12(11-18-13)14(15)16/h12-13H,2-11H2,1H3,(H,15,16). The number of carbonyl (C=O) groups is 1. The van der Waals surface area contributed by atoms with Crippen LogP contribution in [0.3, 0.4) is 0 Å². The van der Waals surface area contributed by atoms with Gasteiger partial charge in [-0.1, -0.05) is 45.4 Å². The molecule has 0 amide bonds. The number of aliphatic carboxylic acids is 1. The van der Waals surface area contributed by atoms with Crippen LogP contribution in [0.5, 0.6) is 0 Å². The van der Waals surface area contributed by atoms with Gasteiger partial charge in [-0.15, -0.1) is 0 Å². The number of hydrogen-bond donors (Lipinski definition) is 1. The molecule has 1 heterocycles. The van der Waals surface area contributed by atoms with Crippen molar-refractivity contribution >= 4 is 5.97 Å². The normalized spacial score (nSPS) is 24.1. The van der Waals surface area contributed by atoms with E-state index in [0.29, 0.717) is 0 Å². The Bertz CT molecular complexity index is 222. The van der Waals surface area contributed by atoms with E-state index >= 15 is 0 Å². The van der Waals surface area contributed by atoms with Crippen LogP contribution >= 0.6 is 0 Å². The van der Waals surface area contributed by atoms with Crippen LogP contribution in [-0.4, -0.2) is 30.6 Å². The van der Waals surface area contributed by atoms with Gasteiger partial charge in [0.25, 0.3) is 0 Å². The SMILES string of the molecule is CCCCCCCCCC1OCC(C(=O)O)CO1. The van der Waals surface area contributed by atoms with Crippen LogP contribution in [0.25, 0.3) is 0 Å². The van der Waals surface area contributed by atoms with Gasteiger partial charge in [0.05, 0.1) is 13.2 Å². The third-order valence-electron chi connectivity index (χ3n) is 3.36. The van der Waals surface area contributed by atoms with E-state index in [1.165, 1.54) is 38.5 Å². The van der Waals surface area contributed by atoms with Gasteiger partial charge in [0.1, 0.15) is 5.92 Å². The highest BCUT2D eigenvalue weighted by molar-refractivity contribution is 5.70. The second-order valence-electron chi connectivity index (χ2n) is 5.04. The molecule has 0 spiro atoms. The van der Waals surface area contributed by atoms with Crippen molar-refractivity contribution in [3.63, 3.8) is 0 Å². The summed E-state index contributed by atoms with van der Waals surface area (Å²) in [4.78, 5) is 10.7. The summed E-state index contributed by atoms with van der Waals surface area (Å²) < 4.78 is 10.8. The molecular formula is C14H26O4. The van der Waals surface area contributed by atoms with Crippen LogP contribution in [0.2, 0.25) is 0 Å². The third kappa shape index (κ3) is 6.36. The van der Waals surface area contributed by atoms with Crippen molar-refractivity contribution in [2.75, 3.05) is 13.2 Å². The van der Waals surface area contributed by atoms with E-state index in [0.717, 1.165) is 12.8 Å². The smallest absolute Gasteiger partial charge is 0.311 e. The molecule has 0 bridgehead atoms. The van der Waals surface area contributed by atoms with E-state index in [1.807, 2.05) is 0 Å². The van der Waals surface area contributed by atoms with E-state index < -0.39 is 11.9 Å². The topological polar surface area (TPSA) is 55.8 Å². The molecule has 0 radical (unpaired) electrons. The summed E-state index contributed by atoms with van der Waals surface area (Å²) in [5.74, 6) is -1.32. The lowest BCUT2D eigenvalue weighted by Crippen LogP contribution is -2.36. The maximum atomic E-state index is 10.7. The zero-order valence-electron chi connectivity index (χ0n) is 11.4. The second-order valence-corrected chi connectivity index (χ2v) is 5.04. The molecule has 1 aliphatic heterocycles. The zero-order chi connectivity index (χ0) is 13.2. The lowest BCUT2D eigenvalue weighted by molar-refractivity contribution is -0.209. The maximum absolute atomic E-state index is 10.7. The maximum Gasteiger partial charge on any atom is 0.311 e. The molecule has 1 saturated heterocycles. The van der Waals surface area contributed by atoms with E-state index in [-0.39, 0.29) is 19.5 Å². The summed E-state index contributed by atoms with van der Waals surface area (Å²) in [5.41, 5.74) is 0. The summed E-state index contributed by atoms with van der Waals surface area (Å²) >= 11 is 0. The van der Waals surface area contributed by atoms with Gasteiger partial charge in [-0.2, -0.15) is 0 Å². The van der Waals surface area contributed by atoms with E-state index in [4.69, 9.17) is 14.6 Å². The average molecular weight is 258 g/mol. The Labute approximate surface area is 110 Å². The molecule has 0 aromatic heterocycles. The van der Waals surface area contributed by atoms with Crippen LogP contribution in [0.4, 0.5) is 0 Å². The minimum Gasteiger partial charge on any atom is -0.481 e. The largest absolute Gasteiger partial charge is 0.481 e. The number of carboxylic acid groups (broad SMARTS) is 1. The minimum absolute atomic E-state index is 0.184. The number of unbranched alkanes of at least 4 members (excludes halogenated alkanes) is 6. The first-order chi connectivity index (χ1) is 8.74. The van der Waals surface area contributed by atoms with Crippen LogP contribution in [0, 0.1) is 5.92 Å². The molecule has 106 valence electrons. The Morgan fingerprint density at radius 3 is 2.17 bits per heavy atom. The molecule has 18 heavy (non-hydrogen) atoms. The predicted molar refractivity (Wildman–Crippen MR) is 69.4 cm³/mol. The van der Waals surface area contributed by atoms with Crippen molar-refractivity contribution in [1.29, 1.82) is 0 Å². The van der Waals surface area contributed by atoms with E-state index in [2.05, 4.69) is 6.92 Å². The van der Waals surface area contributed by atoms with Crippen molar-refractivity contribution in [1.82, 2.24) is 0 Å². The molecular weight excluding hydrogens is 232 g/mol. The molecule has 4 heteroatoms. The van der Waals surface area contributed by atoms with Crippen LogP contribution in [-0.2, 0) is 14.3 Å². The van der Waals surface area contributed by atoms with Crippen LogP contribution in [0.1, 0.15) is 58.3 Å². The lowest BCUT2D eigenvalue weighted by Gasteiger charge is -2.27. The van der Waals surface area contributed by atoms with Gasteiger partial charge in [0, 0.05) is 0 Å². The second kappa shape index (κ2) is 9.34. The van der Waals surface area contributed by atoms with Gasteiger partial charge < -0.3 is 14.6 Å². The first-order valence-electron chi connectivity index (χ1n) is 7.20. The van der Waals surface area contributed by atoms with Crippen molar-refractivity contribution in [2.45, 2.75) is 64.6 Å². The van der Waals surface area contributed by atoms with E-state index in [9.17, 15) is 4.79 Å². The summed E-state index contributed by atoms with van der Waals surface area (Å²) in [6.07, 6.45) is 9.60. The Balaban J connectivity index is 1.93. The Hall–Kier alpha value is -0.610. The Morgan fingerprint density at radius 2 is 1.61 bits per heavy atom. The van der Waals surface area contributed by atoms with Gasteiger partial charge in [-0.05, 0) is 12.8 Å². The Morgan fingerprint density at radius 1 is 1.06 bits per heavy atom. The molecule has 0 aromatic carbocycles. The fraction of sp³-hybridized carbons (Fsp3) is 0.929. The van der Waals surface area contributed by atoms with Crippen molar-refractivity contribution in [3.05, 3.63) is 0 Å². The first kappa shape index (κ1) is 15.4. The third-order valence-corrected chi connectivity index (χ3v) is 3.36. The van der Waals surface area contributed by atoms with Crippen molar-refractivity contribution < 1.29 is 19.4 Å². The van der Waals surface area contributed by atoms with Crippen LogP contribution < -0.4 is 0 Å². The fourth-order valence-electron chi connectivity index (χ4n) is 2.12. The average Bonchev–Trinajstić information content (AvgIpc) is 2.38. The first-order valence-corrected chi connectivity index (χ1v) is 7.20. The predicted octanol–water partition coefficient (Wildman–Crippen LogP) is 3.20. The number of carboxylic acids is 1. The molecule has 0 unspecified atom stereocenters.